The monoisotopic (exact) mass is 379 g/mol. The SMILES string of the molecule is COC(=O)c1ccc(/C=C/C(=O)O[C@@H](C)C(=O)N2CCc3ccccc32)cc1. The highest BCUT2D eigenvalue weighted by Crippen LogP contribution is 2.28. The van der Waals surface area contributed by atoms with Gasteiger partial charge in [-0.2, -0.15) is 0 Å². The number of carbonyl (C=O) groups excluding carboxylic acids is 3. The van der Waals surface area contributed by atoms with Crippen molar-refractivity contribution in [3.8, 4) is 0 Å². The van der Waals surface area contributed by atoms with Gasteiger partial charge in [-0.25, -0.2) is 9.59 Å². The molecule has 0 bridgehead atoms. The average molecular weight is 379 g/mol. The third kappa shape index (κ3) is 4.28. The van der Waals surface area contributed by atoms with Crippen molar-refractivity contribution >= 4 is 29.6 Å². The highest BCUT2D eigenvalue weighted by molar-refractivity contribution is 6.00. The Bertz CT molecular complexity index is 917. The summed E-state index contributed by atoms with van der Waals surface area (Å²) in [5.74, 6) is -1.27. The molecular weight excluding hydrogens is 358 g/mol. The Balaban J connectivity index is 1.58. The summed E-state index contributed by atoms with van der Waals surface area (Å²) < 4.78 is 9.89. The minimum absolute atomic E-state index is 0.242. The summed E-state index contributed by atoms with van der Waals surface area (Å²) >= 11 is 0. The molecule has 2 aromatic carbocycles. The maximum Gasteiger partial charge on any atom is 0.337 e. The van der Waals surface area contributed by atoms with Gasteiger partial charge in [0.15, 0.2) is 6.10 Å². The van der Waals surface area contributed by atoms with E-state index < -0.39 is 18.0 Å². The predicted octanol–water partition coefficient (Wildman–Crippen LogP) is 3.01. The first-order valence-electron chi connectivity index (χ1n) is 8.96. The van der Waals surface area contributed by atoms with Crippen molar-refractivity contribution in [1.82, 2.24) is 0 Å². The second-order valence-corrected chi connectivity index (χ2v) is 6.39. The molecule has 0 N–H and O–H groups in total. The number of amides is 1. The second-order valence-electron chi connectivity index (χ2n) is 6.39. The van der Waals surface area contributed by atoms with E-state index in [1.165, 1.54) is 13.2 Å². The van der Waals surface area contributed by atoms with E-state index >= 15 is 0 Å². The van der Waals surface area contributed by atoms with Gasteiger partial charge in [-0.3, -0.25) is 4.79 Å². The van der Waals surface area contributed by atoms with E-state index in [0.717, 1.165) is 23.2 Å². The van der Waals surface area contributed by atoms with Crippen molar-refractivity contribution < 1.29 is 23.9 Å². The maximum absolute atomic E-state index is 12.6. The van der Waals surface area contributed by atoms with Gasteiger partial charge in [-0.05, 0) is 48.7 Å². The molecule has 1 aliphatic heterocycles. The summed E-state index contributed by atoms with van der Waals surface area (Å²) in [6.07, 6.45) is 2.73. The molecule has 28 heavy (non-hydrogen) atoms. The number of hydrogen-bond donors (Lipinski definition) is 0. The van der Waals surface area contributed by atoms with Gasteiger partial charge >= 0.3 is 11.9 Å². The summed E-state index contributed by atoms with van der Waals surface area (Å²) in [4.78, 5) is 37.8. The number of methoxy groups -OCH3 is 1. The summed E-state index contributed by atoms with van der Waals surface area (Å²) in [5, 5.41) is 0. The van der Waals surface area contributed by atoms with Crippen LogP contribution in [0, 0.1) is 0 Å². The minimum atomic E-state index is -0.884. The first kappa shape index (κ1) is 19.4. The molecule has 0 spiro atoms. The molecule has 1 aliphatic rings. The lowest BCUT2D eigenvalue weighted by molar-refractivity contribution is -0.149. The number of ether oxygens (including phenoxy) is 2. The highest BCUT2D eigenvalue weighted by atomic mass is 16.5. The van der Waals surface area contributed by atoms with Gasteiger partial charge in [0.25, 0.3) is 5.91 Å². The van der Waals surface area contributed by atoms with E-state index in [-0.39, 0.29) is 5.91 Å². The van der Waals surface area contributed by atoms with E-state index in [9.17, 15) is 14.4 Å². The fourth-order valence-electron chi connectivity index (χ4n) is 3.06. The summed E-state index contributed by atoms with van der Waals surface area (Å²) in [7, 11) is 1.31. The molecule has 144 valence electrons. The Morgan fingerprint density at radius 1 is 1.07 bits per heavy atom. The van der Waals surface area contributed by atoms with Crippen LogP contribution in [0.4, 0.5) is 5.69 Å². The zero-order valence-electron chi connectivity index (χ0n) is 15.8. The number of hydrogen-bond acceptors (Lipinski definition) is 5. The lowest BCUT2D eigenvalue weighted by Crippen LogP contribution is -2.38. The Hall–Kier alpha value is -3.41. The van der Waals surface area contributed by atoms with E-state index in [1.807, 2.05) is 24.3 Å². The number of carbonyl (C=O) groups is 3. The predicted molar refractivity (Wildman–Crippen MR) is 105 cm³/mol. The lowest BCUT2D eigenvalue weighted by Gasteiger charge is -2.21. The van der Waals surface area contributed by atoms with Crippen molar-refractivity contribution in [3.63, 3.8) is 0 Å². The van der Waals surface area contributed by atoms with Crippen LogP contribution in [0.1, 0.15) is 28.4 Å². The zero-order chi connectivity index (χ0) is 20.1. The standard InChI is InChI=1S/C22H21NO5/c1-15(21(25)23-14-13-17-5-3-4-6-19(17)23)28-20(24)12-9-16-7-10-18(11-8-16)22(26)27-2/h3-12,15H,13-14H2,1-2H3/b12-9+/t15-/m0/s1. The fourth-order valence-corrected chi connectivity index (χ4v) is 3.06. The number of esters is 2. The van der Waals surface area contributed by atoms with Gasteiger partial charge in [-0.15, -0.1) is 0 Å². The molecule has 0 unspecified atom stereocenters. The molecule has 6 nitrogen and oxygen atoms in total. The molecule has 1 amide bonds. The first-order chi connectivity index (χ1) is 13.5. The molecule has 0 aliphatic carbocycles. The van der Waals surface area contributed by atoms with Crippen LogP contribution < -0.4 is 4.90 Å². The molecule has 1 atom stereocenters. The molecule has 6 heteroatoms. The summed E-state index contributed by atoms with van der Waals surface area (Å²) in [6, 6.07) is 14.3. The van der Waals surface area contributed by atoms with Crippen LogP contribution in [0.25, 0.3) is 6.08 Å². The van der Waals surface area contributed by atoms with Gasteiger partial charge in [0.2, 0.25) is 0 Å². The smallest absolute Gasteiger partial charge is 0.337 e. The highest BCUT2D eigenvalue weighted by Gasteiger charge is 2.29. The van der Waals surface area contributed by atoms with Crippen molar-refractivity contribution in [2.75, 3.05) is 18.6 Å². The third-order valence-corrected chi connectivity index (χ3v) is 4.54. The molecule has 0 fully saturated rings. The molecule has 0 saturated carbocycles. The molecular formula is C22H21NO5. The average Bonchev–Trinajstić information content (AvgIpc) is 3.15. The van der Waals surface area contributed by atoms with Crippen molar-refractivity contribution in [1.29, 1.82) is 0 Å². The minimum Gasteiger partial charge on any atom is -0.465 e. The summed E-state index contributed by atoms with van der Waals surface area (Å²) in [6.45, 7) is 2.16. The number of rotatable bonds is 5. The molecule has 3 rings (SSSR count). The van der Waals surface area contributed by atoms with Crippen molar-refractivity contribution in [3.05, 3.63) is 71.3 Å². The van der Waals surface area contributed by atoms with Crippen molar-refractivity contribution in [2.45, 2.75) is 19.4 Å². The molecule has 1 heterocycles. The third-order valence-electron chi connectivity index (χ3n) is 4.54. The van der Waals surface area contributed by atoms with Crippen LogP contribution in [0.5, 0.6) is 0 Å². The fraction of sp³-hybridized carbons (Fsp3) is 0.227. The van der Waals surface area contributed by atoms with Crippen molar-refractivity contribution in [2.24, 2.45) is 0 Å². The second kappa shape index (κ2) is 8.52. The van der Waals surface area contributed by atoms with Gasteiger partial charge in [0.1, 0.15) is 0 Å². The zero-order valence-corrected chi connectivity index (χ0v) is 15.8. The maximum atomic E-state index is 12.6. The van der Waals surface area contributed by atoms with Crippen LogP contribution >= 0.6 is 0 Å². The molecule has 0 saturated heterocycles. The van der Waals surface area contributed by atoms with Crippen LogP contribution in [0.2, 0.25) is 0 Å². The quantitative estimate of drug-likeness (QED) is 0.590. The van der Waals surface area contributed by atoms with E-state index in [0.29, 0.717) is 12.1 Å². The van der Waals surface area contributed by atoms with Gasteiger partial charge in [-0.1, -0.05) is 30.3 Å². The Kier molecular flexibility index (Phi) is 5.89. The van der Waals surface area contributed by atoms with E-state index in [2.05, 4.69) is 4.74 Å². The first-order valence-corrected chi connectivity index (χ1v) is 8.96. The number of para-hydroxylation sites is 1. The Labute approximate surface area is 163 Å². The van der Waals surface area contributed by atoms with Crippen LogP contribution in [-0.2, 0) is 25.5 Å². The van der Waals surface area contributed by atoms with E-state index in [1.54, 1.807) is 42.2 Å². The Morgan fingerprint density at radius 3 is 2.50 bits per heavy atom. The topological polar surface area (TPSA) is 72.9 Å². The Morgan fingerprint density at radius 2 is 1.79 bits per heavy atom. The summed E-state index contributed by atoms with van der Waals surface area (Å²) in [5.41, 5.74) is 3.13. The molecule has 0 aromatic heterocycles. The van der Waals surface area contributed by atoms with Crippen LogP contribution in [0.15, 0.2) is 54.6 Å². The van der Waals surface area contributed by atoms with Gasteiger partial charge in [0, 0.05) is 18.3 Å². The number of fused-ring (bicyclic) bond motifs is 1. The largest absolute Gasteiger partial charge is 0.465 e. The van der Waals surface area contributed by atoms with Crippen LogP contribution in [-0.4, -0.2) is 37.6 Å². The lowest BCUT2D eigenvalue weighted by atomic mass is 10.1. The van der Waals surface area contributed by atoms with Gasteiger partial charge in [0.05, 0.1) is 12.7 Å². The number of anilines is 1. The normalized spacial score (nSPS) is 13.9. The number of benzene rings is 2. The van der Waals surface area contributed by atoms with Crippen LogP contribution in [0.3, 0.4) is 0 Å². The number of nitrogens with zero attached hydrogens (tertiary/aromatic N) is 1. The molecule has 0 radical (unpaired) electrons. The van der Waals surface area contributed by atoms with Gasteiger partial charge < -0.3 is 14.4 Å². The molecule has 2 aromatic rings. The van der Waals surface area contributed by atoms with E-state index in [4.69, 9.17) is 4.74 Å².